The maximum absolute atomic E-state index is 12.7. The van der Waals surface area contributed by atoms with Crippen LogP contribution in [0.25, 0.3) is 0 Å². The lowest BCUT2D eigenvalue weighted by atomic mass is 10.00. The quantitative estimate of drug-likeness (QED) is 0.667. The molecule has 2 aromatic heterocycles. The number of rotatable bonds is 4. The van der Waals surface area contributed by atoms with Crippen molar-refractivity contribution in [1.29, 1.82) is 5.41 Å². The van der Waals surface area contributed by atoms with Gasteiger partial charge in [0.2, 0.25) is 0 Å². The molecular weight excluding hydrogens is 422 g/mol. The summed E-state index contributed by atoms with van der Waals surface area (Å²) in [5.41, 5.74) is -1.09. The van der Waals surface area contributed by atoms with Gasteiger partial charge in [-0.3, -0.25) is 10.2 Å². The SMILES string of the molecule is CC1(C)C(=N)N[C@](C)(c2sc(C(=O)NCc3ncccn3)cc2Cl)CS1(=O)=O. The summed E-state index contributed by atoms with van der Waals surface area (Å²) in [6, 6.07) is 3.19. The minimum absolute atomic E-state index is 0.0991. The Labute approximate surface area is 172 Å². The van der Waals surface area contributed by atoms with E-state index in [1.165, 1.54) is 19.9 Å². The Balaban J connectivity index is 1.84. The van der Waals surface area contributed by atoms with Gasteiger partial charge in [-0.2, -0.15) is 0 Å². The van der Waals surface area contributed by atoms with Crippen LogP contribution in [0.5, 0.6) is 0 Å². The molecule has 3 heterocycles. The molecule has 0 aromatic carbocycles. The fourth-order valence-electron chi connectivity index (χ4n) is 2.83. The van der Waals surface area contributed by atoms with Crippen LogP contribution in [0.1, 0.15) is 41.1 Å². The standard InChI is InChI=1S/C17H20ClN5O3S2/c1-16(2)15(19)23-17(3,9-28(16,25)26)13-10(18)7-11(27-13)14(24)22-8-12-20-5-4-6-21-12/h4-7H,8-9H2,1-3H3,(H2,19,23)(H,22,24)/t17-/m0/s1. The van der Waals surface area contributed by atoms with Crippen molar-refractivity contribution in [1.82, 2.24) is 20.6 Å². The summed E-state index contributed by atoms with van der Waals surface area (Å²) in [4.78, 5) is 21.4. The molecule has 1 fully saturated rings. The van der Waals surface area contributed by atoms with E-state index in [2.05, 4.69) is 20.6 Å². The van der Waals surface area contributed by atoms with Crippen LogP contribution >= 0.6 is 22.9 Å². The summed E-state index contributed by atoms with van der Waals surface area (Å²) in [6.07, 6.45) is 3.17. The predicted octanol–water partition coefficient (Wildman–Crippen LogP) is 2.11. The van der Waals surface area contributed by atoms with Crippen molar-refractivity contribution in [2.24, 2.45) is 0 Å². The van der Waals surface area contributed by atoms with Crippen molar-refractivity contribution >= 4 is 44.5 Å². The number of hydrogen-bond acceptors (Lipinski definition) is 7. The van der Waals surface area contributed by atoms with Crippen LogP contribution in [0, 0.1) is 5.41 Å². The highest BCUT2D eigenvalue weighted by atomic mass is 35.5. The van der Waals surface area contributed by atoms with Gasteiger partial charge in [-0.1, -0.05) is 11.6 Å². The molecule has 1 aliphatic rings. The molecule has 0 bridgehead atoms. The smallest absolute Gasteiger partial charge is 0.261 e. The minimum Gasteiger partial charge on any atom is -0.362 e. The number of nitrogens with one attached hydrogen (secondary N) is 3. The topological polar surface area (TPSA) is 125 Å². The van der Waals surface area contributed by atoms with Crippen molar-refractivity contribution in [2.45, 2.75) is 37.6 Å². The van der Waals surface area contributed by atoms with Gasteiger partial charge in [-0.15, -0.1) is 11.3 Å². The molecule has 1 amide bonds. The molecule has 0 spiro atoms. The molecule has 150 valence electrons. The molecule has 28 heavy (non-hydrogen) atoms. The van der Waals surface area contributed by atoms with Crippen LogP contribution < -0.4 is 10.6 Å². The van der Waals surface area contributed by atoms with E-state index in [9.17, 15) is 13.2 Å². The number of amides is 1. The highest BCUT2D eigenvalue weighted by molar-refractivity contribution is 7.93. The molecule has 0 unspecified atom stereocenters. The van der Waals surface area contributed by atoms with Crippen LogP contribution in [-0.4, -0.2) is 40.6 Å². The fourth-order valence-corrected chi connectivity index (χ4v) is 6.18. The lowest BCUT2D eigenvalue weighted by Gasteiger charge is -2.42. The molecule has 1 atom stereocenters. The van der Waals surface area contributed by atoms with Crippen LogP contribution in [0.15, 0.2) is 24.5 Å². The minimum atomic E-state index is -3.60. The van der Waals surface area contributed by atoms with Crippen molar-refractivity contribution in [3.05, 3.63) is 45.1 Å². The van der Waals surface area contributed by atoms with Gasteiger partial charge in [-0.25, -0.2) is 18.4 Å². The zero-order chi connectivity index (χ0) is 20.7. The summed E-state index contributed by atoms with van der Waals surface area (Å²) in [6.45, 7) is 4.83. The second-order valence-corrected chi connectivity index (χ2v) is 11.2. The Morgan fingerprint density at radius 2 is 2.00 bits per heavy atom. The van der Waals surface area contributed by atoms with E-state index in [0.717, 1.165) is 11.3 Å². The molecular formula is C17H20ClN5O3S2. The third-order valence-electron chi connectivity index (χ3n) is 4.70. The lowest BCUT2D eigenvalue weighted by molar-refractivity contribution is 0.0954. The Kier molecular flexibility index (Phi) is 5.24. The first-order valence-electron chi connectivity index (χ1n) is 8.40. The maximum atomic E-state index is 12.7. The number of aromatic nitrogens is 2. The number of carbonyl (C=O) groups is 1. The molecule has 11 heteroatoms. The summed E-state index contributed by atoms with van der Waals surface area (Å²) in [5.74, 6) is -0.211. The van der Waals surface area contributed by atoms with Crippen molar-refractivity contribution in [3.63, 3.8) is 0 Å². The first kappa shape index (κ1) is 20.7. The van der Waals surface area contributed by atoms with Gasteiger partial charge in [0, 0.05) is 12.4 Å². The summed E-state index contributed by atoms with van der Waals surface area (Å²) in [5, 5.41) is 14.1. The van der Waals surface area contributed by atoms with Gasteiger partial charge in [0.15, 0.2) is 9.84 Å². The normalized spacial score (nSPS) is 23.1. The molecule has 8 nitrogen and oxygen atoms in total. The zero-order valence-electron chi connectivity index (χ0n) is 15.5. The first-order valence-corrected chi connectivity index (χ1v) is 11.2. The number of carbonyl (C=O) groups excluding carboxylic acids is 1. The second kappa shape index (κ2) is 7.09. The fraction of sp³-hybridized carbons (Fsp3) is 0.412. The van der Waals surface area contributed by atoms with Crippen molar-refractivity contribution < 1.29 is 13.2 Å². The number of halogens is 1. The highest BCUT2D eigenvalue weighted by Crippen LogP contribution is 2.41. The number of thiophene rings is 1. The molecule has 3 rings (SSSR count). The van der Waals surface area contributed by atoms with E-state index in [-0.39, 0.29) is 29.1 Å². The van der Waals surface area contributed by atoms with Gasteiger partial charge >= 0.3 is 0 Å². The summed E-state index contributed by atoms with van der Waals surface area (Å²) >= 11 is 7.44. The Morgan fingerprint density at radius 1 is 1.36 bits per heavy atom. The van der Waals surface area contributed by atoms with Crippen LogP contribution in [0.2, 0.25) is 5.02 Å². The predicted molar refractivity (Wildman–Crippen MR) is 109 cm³/mol. The molecule has 2 aromatic rings. The number of hydrogen-bond donors (Lipinski definition) is 3. The Hall–Kier alpha value is -2.04. The van der Waals surface area contributed by atoms with Gasteiger partial charge in [0.05, 0.1) is 32.6 Å². The Bertz CT molecular complexity index is 1040. The van der Waals surface area contributed by atoms with Gasteiger partial charge in [0.25, 0.3) is 5.91 Å². The third-order valence-corrected chi connectivity index (χ3v) is 9.22. The Morgan fingerprint density at radius 3 is 2.61 bits per heavy atom. The number of nitrogens with zero attached hydrogens (tertiary/aromatic N) is 2. The van der Waals surface area contributed by atoms with Crippen LogP contribution in [0.3, 0.4) is 0 Å². The monoisotopic (exact) mass is 441 g/mol. The largest absolute Gasteiger partial charge is 0.362 e. The van der Waals surface area contributed by atoms with Gasteiger partial charge in [0.1, 0.15) is 16.4 Å². The average molecular weight is 442 g/mol. The summed E-state index contributed by atoms with van der Waals surface area (Å²) < 4.78 is 24.1. The van der Waals surface area contributed by atoms with E-state index in [1.54, 1.807) is 25.4 Å². The zero-order valence-corrected chi connectivity index (χ0v) is 17.9. The highest BCUT2D eigenvalue weighted by Gasteiger charge is 2.51. The van der Waals surface area contributed by atoms with E-state index in [0.29, 0.717) is 15.6 Å². The molecule has 1 aliphatic heterocycles. The first-order chi connectivity index (χ1) is 13.0. The molecule has 3 N–H and O–H groups in total. The van der Waals surface area contributed by atoms with E-state index in [1.807, 2.05) is 0 Å². The van der Waals surface area contributed by atoms with E-state index >= 15 is 0 Å². The lowest BCUT2D eigenvalue weighted by Crippen LogP contribution is -2.63. The molecule has 0 saturated carbocycles. The van der Waals surface area contributed by atoms with Gasteiger partial charge in [-0.05, 0) is 32.9 Å². The summed E-state index contributed by atoms with van der Waals surface area (Å²) in [7, 11) is -3.60. The molecule has 0 radical (unpaired) electrons. The maximum Gasteiger partial charge on any atom is 0.261 e. The van der Waals surface area contributed by atoms with E-state index < -0.39 is 20.1 Å². The number of sulfone groups is 1. The average Bonchev–Trinajstić information content (AvgIpc) is 3.01. The molecule has 0 aliphatic carbocycles. The van der Waals surface area contributed by atoms with Crippen molar-refractivity contribution in [3.8, 4) is 0 Å². The van der Waals surface area contributed by atoms with E-state index in [4.69, 9.17) is 17.0 Å². The number of amidine groups is 1. The van der Waals surface area contributed by atoms with Gasteiger partial charge < -0.3 is 10.6 Å². The third kappa shape index (κ3) is 3.63. The second-order valence-electron chi connectivity index (χ2n) is 7.24. The van der Waals surface area contributed by atoms with Crippen molar-refractivity contribution in [2.75, 3.05) is 5.75 Å². The van der Waals surface area contributed by atoms with Crippen LogP contribution in [0.4, 0.5) is 0 Å². The van der Waals surface area contributed by atoms with Crippen LogP contribution in [-0.2, 0) is 21.9 Å². The molecule has 1 saturated heterocycles.